The van der Waals surface area contributed by atoms with Crippen molar-refractivity contribution >= 4 is 11.9 Å². The zero-order chi connectivity index (χ0) is 14.8. The minimum absolute atomic E-state index is 0.0725. The number of hydrogen-bond acceptors (Lipinski definition) is 4. The maximum Gasteiger partial charge on any atom is 0.471 e. The van der Waals surface area contributed by atoms with Crippen LogP contribution in [-0.2, 0) is 4.79 Å². The second-order valence-corrected chi connectivity index (χ2v) is 4.52. The zero-order valence-corrected chi connectivity index (χ0v) is 10.4. The Labute approximate surface area is 112 Å². The molecule has 20 heavy (non-hydrogen) atoms. The Morgan fingerprint density at radius 2 is 2.25 bits per heavy atom. The van der Waals surface area contributed by atoms with Gasteiger partial charge in [-0.1, -0.05) is 0 Å². The molecular weight excluding hydrogens is 277 g/mol. The molecule has 0 spiro atoms. The first-order chi connectivity index (χ1) is 9.36. The molecule has 0 aliphatic carbocycles. The van der Waals surface area contributed by atoms with E-state index in [0.29, 0.717) is 12.8 Å². The first-order valence-electron chi connectivity index (χ1n) is 6.04. The van der Waals surface area contributed by atoms with Gasteiger partial charge < -0.3 is 10.2 Å². The number of aromatic amines is 1. The molecule has 1 aliphatic heterocycles. The lowest BCUT2D eigenvalue weighted by atomic mass is 10.1. The van der Waals surface area contributed by atoms with Gasteiger partial charge in [0, 0.05) is 31.4 Å². The van der Waals surface area contributed by atoms with Crippen LogP contribution in [0.2, 0.25) is 0 Å². The molecular formula is C11H13F3N4O2. The first kappa shape index (κ1) is 14.4. The molecule has 1 atom stereocenters. The van der Waals surface area contributed by atoms with Crippen molar-refractivity contribution in [3.63, 3.8) is 0 Å². The fraction of sp³-hybridized carbons (Fsp3) is 0.545. The highest BCUT2D eigenvalue weighted by molar-refractivity contribution is 5.82. The molecule has 6 nitrogen and oxygen atoms in total. The largest absolute Gasteiger partial charge is 0.471 e. The van der Waals surface area contributed by atoms with E-state index in [2.05, 4.69) is 15.3 Å². The van der Waals surface area contributed by atoms with Gasteiger partial charge in [-0.15, -0.1) is 0 Å². The summed E-state index contributed by atoms with van der Waals surface area (Å²) in [5.41, 5.74) is -0.360. The van der Waals surface area contributed by atoms with E-state index in [-0.39, 0.29) is 30.6 Å². The highest BCUT2D eigenvalue weighted by Crippen LogP contribution is 2.22. The Balaban J connectivity index is 2.01. The number of rotatable bonds is 2. The van der Waals surface area contributed by atoms with Gasteiger partial charge in [0.2, 0.25) is 5.95 Å². The lowest BCUT2D eigenvalue weighted by Crippen LogP contribution is -2.49. The number of hydrogen-bond donors (Lipinski definition) is 2. The van der Waals surface area contributed by atoms with E-state index in [0.717, 1.165) is 4.90 Å². The third-order valence-electron chi connectivity index (χ3n) is 2.96. The van der Waals surface area contributed by atoms with Crippen LogP contribution in [0.4, 0.5) is 19.1 Å². The van der Waals surface area contributed by atoms with E-state index in [1.54, 1.807) is 0 Å². The Morgan fingerprint density at radius 1 is 1.50 bits per heavy atom. The van der Waals surface area contributed by atoms with Crippen LogP contribution in [0.15, 0.2) is 17.1 Å². The fourth-order valence-corrected chi connectivity index (χ4v) is 2.10. The molecule has 0 aromatic carbocycles. The molecule has 1 unspecified atom stereocenters. The van der Waals surface area contributed by atoms with E-state index >= 15 is 0 Å². The molecule has 0 bridgehead atoms. The quantitative estimate of drug-likeness (QED) is 0.842. The van der Waals surface area contributed by atoms with Crippen molar-refractivity contribution in [1.29, 1.82) is 0 Å². The summed E-state index contributed by atoms with van der Waals surface area (Å²) in [6.07, 6.45) is -2.51. The van der Waals surface area contributed by atoms with Gasteiger partial charge in [-0.2, -0.15) is 13.2 Å². The molecule has 9 heteroatoms. The lowest BCUT2D eigenvalue weighted by Gasteiger charge is -2.33. The molecule has 1 aromatic heterocycles. The number of carbonyl (C=O) groups excluding carboxylic acids is 1. The summed E-state index contributed by atoms with van der Waals surface area (Å²) in [5, 5.41) is 2.83. The maximum absolute atomic E-state index is 12.4. The number of halogens is 3. The number of likely N-dealkylation sites (tertiary alicyclic amines) is 1. The molecule has 110 valence electrons. The molecule has 1 aromatic rings. The smallest absolute Gasteiger partial charge is 0.351 e. The van der Waals surface area contributed by atoms with Crippen LogP contribution < -0.4 is 10.9 Å². The van der Waals surface area contributed by atoms with Gasteiger partial charge >= 0.3 is 12.1 Å². The van der Waals surface area contributed by atoms with Gasteiger partial charge in [0.15, 0.2) is 0 Å². The number of carbonyl (C=O) groups is 1. The van der Waals surface area contributed by atoms with Crippen LogP contribution in [0, 0.1) is 0 Å². The number of amides is 1. The summed E-state index contributed by atoms with van der Waals surface area (Å²) >= 11 is 0. The number of alkyl halides is 3. The van der Waals surface area contributed by atoms with E-state index in [1.807, 2.05) is 0 Å². The summed E-state index contributed by atoms with van der Waals surface area (Å²) in [5.74, 6) is -1.65. The normalized spacial score (nSPS) is 19.8. The van der Waals surface area contributed by atoms with Crippen molar-refractivity contribution in [3.05, 3.63) is 22.6 Å². The second kappa shape index (κ2) is 5.51. The average Bonchev–Trinajstić information content (AvgIpc) is 2.37. The zero-order valence-electron chi connectivity index (χ0n) is 10.4. The number of nitrogens with one attached hydrogen (secondary N) is 2. The van der Waals surface area contributed by atoms with Crippen molar-refractivity contribution in [2.24, 2.45) is 0 Å². The van der Waals surface area contributed by atoms with Crippen molar-refractivity contribution in [2.45, 2.75) is 25.1 Å². The van der Waals surface area contributed by atoms with E-state index in [1.165, 1.54) is 12.3 Å². The van der Waals surface area contributed by atoms with Gasteiger partial charge in [0.25, 0.3) is 5.56 Å². The van der Waals surface area contributed by atoms with E-state index < -0.39 is 12.1 Å². The fourth-order valence-electron chi connectivity index (χ4n) is 2.10. The molecule has 2 heterocycles. The van der Waals surface area contributed by atoms with Crippen LogP contribution >= 0.6 is 0 Å². The standard InChI is InChI=1S/C11H13F3N4O2/c12-11(13,14)9(20)18-5-1-2-7(6-18)16-10-15-4-3-8(19)17-10/h3-4,7H,1-2,5-6H2,(H2,15,16,17,19). The van der Waals surface area contributed by atoms with Gasteiger partial charge in [-0.25, -0.2) is 4.98 Å². The predicted octanol–water partition coefficient (Wildman–Crippen LogP) is 0.735. The van der Waals surface area contributed by atoms with Crippen molar-refractivity contribution < 1.29 is 18.0 Å². The predicted molar refractivity (Wildman–Crippen MR) is 64.1 cm³/mol. The van der Waals surface area contributed by atoms with Crippen LogP contribution in [0.1, 0.15) is 12.8 Å². The molecule has 2 rings (SSSR count). The molecule has 1 amide bonds. The van der Waals surface area contributed by atoms with Crippen molar-refractivity contribution in [2.75, 3.05) is 18.4 Å². The van der Waals surface area contributed by atoms with Gasteiger partial charge in [0.1, 0.15) is 0 Å². The Hall–Kier alpha value is -2.06. The number of anilines is 1. The minimum Gasteiger partial charge on any atom is -0.351 e. The first-order valence-corrected chi connectivity index (χ1v) is 6.04. The minimum atomic E-state index is -4.86. The second-order valence-electron chi connectivity index (χ2n) is 4.52. The third kappa shape index (κ3) is 3.49. The monoisotopic (exact) mass is 290 g/mol. The highest BCUT2D eigenvalue weighted by Gasteiger charge is 2.43. The Morgan fingerprint density at radius 3 is 2.90 bits per heavy atom. The van der Waals surface area contributed by atoms with Crippen LogP contribution in [0.3, 0.4) is 0 Å². The van der Waals surface area contributed by atoms with Gasteiger partial charge in [-0.3, -0.25) is 14.6 Å². The molecule has 0 saturated carbocycles. The topological polar surface area (TPSA) is 78.1 Å². The summed E-state index contributed by atoms with van der Waals surface area (Å²) in [7, 11) is 0. The Kier molecular flexibility index (Phi) is 3.96. The van der Waals surface area contributed by atoms with Gasteiger partial charge in [-0.05, 0) is 12.8 Å². The Bertz CT molecular complexity index is 543. The molecule has 0 radical (unpaired) electrons. The number of piperidine rings is 1. The highest BCUT2D eigenvalue weighted by atomic mass is 19.4. The third-order valence-corrected chi connectivity index (χ3v) is 2.96. The van der Waals surface area contributed by atoms with Gasteiger partial charge in [0.05, 0.1) is 0 Å². The lowest BCUT2D eigenvalue weighted by molar-refractivity contribution is -0.186. The maximum atomic E-state index is 12.4. The molecule has 1 fully saturated rings. The van der Waals surface area contributed by atoms with E-state index in [4.69, 9.17) is 0 Å². The van der Waals surface area contributed by atoms with E-state index in [9.17, 15) is 22.8 Å². The average molecular weight is 290 g/mol. The van der Waals surface area contributed by atoms with Crippen LogP contribution in [0.5, 0.6) is 0 Å². The SMILES string of the molecule is O=C(N1CCCC(Nc2nccc(=O)[nH]2)C1)C(F)(F)F. The summed E-state index contributed by atoms with van der Waals surface area (Å²) in [6, 6.07) is 0.853. The van der Waals surface area contributed by atoms with Crippen LogP contribution in [-0.4, -0.2) is 46.1 Å². The summed E-state index contributed by atoms with van der Waals surface area (Å²) in [4.78, 5) is 29.3. The van der Waals surface area contributed by atoms with Crippen molar-refractivity contribution in [3.8, 4) is 0 Å². The van der Waals surface area contributed by atoms with Crippen LogP contribution in [0.25, 0.3) is 0 Å². The molecule has 1 aliphatic rings. The number of aromatic nitrogens is 2. The number of nitrogens with zero attached hydrogens (tertiary/aromatic N) is 2. The molecule has 2 N–H and O–H groups in total. The molecule has 1 saturated heterocycles. The number of H-pyrrole nitrogens is 1. The van der Waals surface area contributed by atoms with Crippen molar-refractivity contribution in [1.82, 2.24) is 14.9 Å². The summed E-state index contributed by atoms with van der Waals surface area (Å²) in [6.45, 7) is 0.00616. The summed E-state index contributed by atoms with van der Waals surface area (Å²) < 4.78 is 37.1.